The van der Waals surface area contributed by atoms with Crippen LogP contribution in [-0.2, 0) is 0 Å². The predicted molar refractivity (Wildman–Crippen MR) is 41.5 cm³/mol. The molecule has 0 aliphatic carbocycles. The van der Waals surface area contributed by atoms with Crippen molar-refractivity contribution in [3.8, 4) is 0 Å². The maximum atomic E-state index is 12.6. The van der Waals surface area contributed by atoms with Crippen LogP contribution in [0.4, 0.5) is 4.39 Å². The van der Waals surface area contributed by atoms with E-state index in [1.54, 1.807) is 19.1 Å². The molecule has 59 valence electrons. The quantitative estimate of drug-likeness (QED) is 0.686. The van der Waals surface area contributed by atoms with E-state index in [0.29, 0.717) is 0 Å². The van der Waals surface area contributed by atoms with Gasteiger partial charge in [-0.3, -0.25) is 0 Å². The van der Waals surface area contributed by atoms with Crippen LogP contribution in [0.1, 0.15) is 12.5 Å². The lowest BCUT2D eigenvalue weighted by Gasteiger charge is -2.05. The van der Waals surface area contributed by atoms with Crippen molar-refractivity contribution in [2.24, 2.45) is 0 Å². The second-order valence-corrected chi connectivity index (χ2v) is 2.45. The molecule has 1 N–H and O–H groups in total. The molecular weight excluding hydrogens is 143 g/mol. The van der Waals surface area contributed by atoms with Crippen LogP contribution in [-0.4, -0.2) is 11.7 Å². The topological polar surface area (TPSA) is 20.2 Å². The van der Waals surface area contributed by atoms with Crippen molar-refractivity contribution in [2.75, 3.05) is 6.61 Å². The number of hydrogen-bond acceptors (Lipinski definition) is 1. The van der Waals surface area contributed by atoms with Gasteiger partial charge in [0.2, 0.25) is 0 Å². The van der Waals surface area contributed by atoms with Crippen molar-refractivity contribution in [1.29, 1.82) is 0 Å². The zero-order chi connectivity index (χ0) is 8.27. The van der Waals surface area contributed by atoms with Crippen LogP contribution in [0.2, 0.25) is 0 Å². The fourth-order valence-electron chi connectivity index (χ4n) is 0.845. The molecule has 1 rings (SSSR count). The van der Waals surface area contributed by atoms with Gasteiger partial charge in [-0.05, 0) is 17.7 Å². The minimum Gasteiger partial charge on any atom is -0.395 e. The molecular formula is C9H10FO. The summed E-state index contributed by atoms with van der Waals surface area (Å²) >= 11 is 0. The molecule has 0 aliphatic heterocycles. The lowest BCUT2D eigenvalue weighted by atomic mass is 10.0. The Morgan fingerprint density at radius 3 is 2.82 bits per heavy atom. The summed E-state index contributed by atoms with van der Waals surface area (Å²) in [6, 6.07) is 6.19. The zero-order valence-corrected chi connectivity index (χ0v) is 6.34. The van der Waals surface area contributed by atoms with E-state index >= 15 is 0 Å². The summed E-state index contributed by atoms with van der Waals surface area (Å²) in [6.07, 6.45) is 0. The van der Waals surface area contributed by atoms with Gasteiger partial charge in [0, 0.05) is 5.92 Å². The van der Waals surface area contributed by atoms with Crippen molar-refractivity contribution < 1.29 is 9.50 Å². The third-order valence-corrected chi connectivity index (χ3v) is 1.55. The van der Waals surface area contributed by atoms with E-state index in [1.807, 2.05) is 0 Å². The molecule has 2 heteroatoms. The minimum atomic E-state index is -0.268. The molecule has 0 heterocycles. The Bertz CT molecular complexity index is 235. The van der Waals surface area contributed by atoms with E-state index < -0.39 is 0 Å². The van der Waals surface area contributed by atoms with Gasteiger partial charge < -0.3 is 5.11 Å². The number of rotatable bonds is 2. The average Bonchev–Trinajstić information content (AvgIpc) is 2.03. The Balaban J connectivity index is 2.86. The van der Waals surface area contributed by atoms with Crippen LogP contribution >= 0.6 is 0 Å². The summed E-state index contributed by atoms with van der Waals surface area (Å²) in [5.41, 5.74) is 0.757. The van der Waals surface area contributed by atoms with Crippen molar-refractivity contribution in [3.63, 3.8) is 0 Å². The Hall–Kier alpha value is -0.890. The fourth-order valence-corrected chi connectivity index (χ4v) is 0.845. The number of halogens is 1. The molecule has 0 bridgehead atoms. The highest BCUT2D eigenvalue weighted by atomic mass is 19.1. The molecule has 0 fully saturated rings. The minimum absolute atomic E-state index is 0.0244. The van der Waals surface area contributed by atoms with E-state index in [2.05, 4.69) is 0 Å². The SMILES string of the molecule is C[C](CO)c1cccc(F)c1. The summed E-state index contributed by atoms with van der Waals surface area (Å²) < 4.78 is 12.6. The smallest absolute Gasteiger partial charge is 0.123 e. The fraction of sp³-hybridized carbons (Fsp3) is 0.222. The van der Waals surface area contributed by atoms with Crippen molar-refractivity contribution in [1.82, 2.24) is 0 Å². The Kier molecular flexibility index (Phi) is 2.60. The Labute approximate surface area is 65.5 Å². The van der Waals surface area contributed by atoms with Gasteiger partial charge >= 0.3 is 0 Å². The highest BCUT2D eigenvalue weighted by Crippen LogP contribution is 2.13. The largest absolute Gasteiger partial charge is 0.395 e. The van der Waals surface area contributed by atoms with Crippen LogP contribution in [0.25, 0.3) is 0 Å². The molecule has 0 amide bonds. The second-order valence-electron chi connectivity index (χ2n) is 2.45. The Morgan fingerprint density at radius 1 is 1.55 bits per heavy atom. The summed E-state index contributed by atoms with van der Waals surface area (Å²) in [5, 5.41) is 8.72. The molecule has 0 saturated carbocycles. The predicted octanol–water partition coefficient (Wildman–Crippen LogP) is 1.76. The van der Waals surface area contributed by atoms with E-state index in [0.717, 1.165) is 11.5 Å². The van der Waals surface area contributed by atoms with Crippen LogP contribution in [0.5, 0.6) is 0 Å². The monoisotopic (exact) mass is 153 g/mol. The molecule has 1 radical (unpaired) electrons. The second kappa shape index (κ2) is 3.49. The van der Waals surface area contributed by atoms with Gasteiger partial charge in [0.05, 0.1) is 6.61 Å². The van der Waals surface area contributed by atoms with Gasteiger partial charge in [-0.15, -0.1) is 0 Å². The van der Waals surface area contributed by atoms with E-state index in [1.165, 1.54) is 12.1 Å². The summed E-state index contributed by atoms with van der Waals surface area (Å²) in [5.74, 6) is 0.514. The molecule has 0 unspecified atom stereocenters. The first-order valence-corrected chi connectivity index (χ1v) is 3.43. The molecule has 0 atom stereocenters. The highest BCUT2D eigenvalue weighted by Gasteiger charge is 2.03. The maximum Gasteiger partial charge on any atom is 0.123 e. The van der Waals surface area contributed by atoms with Gasteiger partial charge in [-0.2, -0.15) is 0 Å². The van der Waals surface area contributed by atoms with Gasteiger partial charge in [0.25, 0.3) is 0 Å². The van der Waals surface area contributed by atoms with E-state index in [4.69, 9.17) is 5.11 Å². The maximum absolute atomic E-state index is 12.6. The molecule has 1 aromatic rings. The van der Waals surface area contributed by atoms with Gasteiger partial charge in [-0.25, -0.2) is 4.39 Å². The Morgan fingerprint density at radius 2 is 2.27 bits per heavy atom. The van der Waals surface area contributed by atoms with Crippen molar-refractivity contribution in [2.45, 2.75) is 6.92 Å². The lowest BCUT2D eigenvalue weighted by molar-refractivity contribution is 0.315. The van der Waals surface area contributed by atoms with Crippen LogP contribution in [0, 0.1) is 11.7 Å². The summed E-state index contributed by atoms with van der Waals surface area (Å²) in [6.45, 7) is 1.75. The van der Waals surface area contributed by atoms with Crippen molar-refractivity contribution in [3.05, 3.63) is 41.6 Å². The summed E-state index contributed by atoms with van der Waals surface area (Å²) in [7, 11) is 0. The van der Waals surface area contributed by atoms with E-state index in [9.17, 15) is 4.39 Å². The lowest BCUT2D eigenvalue weighted by Crippen LogP contribution is -1.99. The first kappa shape index (κ1) is 8.21. The van der Waals surface area contributed by atoms with Crippen molar-refractivity contribution >= 4 is 0 Å². The molecule has 1 aromatic carbocycles. The molecule has 11 heavy (non-hydrogen) atoms. The first-order chi connectivity index (χ1) is 5.24. The number of benzene rings is 1. The van der Waals surface area contributed by atoms with E-state index in [-0.39, 0.29) is 12.4 Å². The number of aliphatic hydroxyl groups is 1. The first-order valence-electron chi connectivity index (χ1n) is 3.43. The normalized spacial score (nSPS) is 10.5. The third-order valence-electron chi connectivity index (χ3n) is 1.55. The standard InChI is InChI=1S/C9H10FO/c1-7(6-11)8-3-2-4-9(10)5-8/h2-5,11H,6H2,1H3. The molecule has 1 nitrogen and oxygen atoms in total. The number of aliphatic hydroxyl groups excluding tert-OH is 1. The number of hydrogen-bond donors (Lipinski definition) is 1. The molecule has 0 aromatic heterocycles. The molecule has 0 aliphatic rings. The molecule has 0 saturated heterocycles. The van der Waals surface area contributed by atoms with Gasteiger partial charge in [0.1, 0.15) is 5.82 Å². The molecule has 0 spiro atoms. The average molecular weight is 153 g/mol. The van der Waals surface area contributed by atoms with Gasteiger partial charge in [0.15, 0.2) is 0 Å². The highest BCUT2D eigenvalue weighted by molar-refractivity contribution is 5.29. The van der Waals surface area contributed by atoms with Crippen LogP contribution < -0.4 is 0 Å². The third kappa shape index (κ3) is 2.02. The summed E-state index contributed by atoms with van der Waals surface area (Å²) in [4.78, 5) is 0. The van der Waals surface area contributed by atoms with Crippen LogP contribution in [0.3, 0.4) is 0 Å². The van der Waals surface area contributed by atoms with Crippen LogP contribution in [0.15, 0.2) is 24.3 Å². The van der Waals surface area contributed by atoms with Gasteiger partial charge in [-0.1, -0.05) is 19.1 Å². The zero-order valence-electron chi connectivity index (χ0n) is 6.34.